The molecule has 1 atom stereocenters. The van der Waals surface area contributed by atoms with E-state index in [-0.39, 0.29) is 5.60 Å². The smallest absolute Gasteiger partial charge is 0.0713 e. The fourth-order valence-corrected chi connectivity index (χ4v) is 4.89. The van der Waals surface area contributed by atoms with Gasteiger partial charge in [0.15, 0.2) is 0 Å². The maximum Gasteiger partial charge on any atom is 0.0713 e. The Morgan fingerprint density at radius 3 is 2.68 bits per heavy atom. The molecule has 0 amide bonds. The summed E-state index contributed by atoms with van der Waals surface area (Å²) in [6, 6.07) is 0.678. The zero-order chi connectivity index (χ0) is 13.1. The largest absolute Gasteiger partial charge is 0.411 e. The Kier molecular flexibility index (Phi) is 4.34. The highest BCUT2D eigenvalue weighted by atomic mass is 32.2. The van der Waals surface area contributed by atoms with Gasteiger partial charge in [-0.1, -0.05) is 5.16 Å². The van der Waals surface area contributed by atoms with Crippen molar-refractivity contribution in [1.29, 1.82) is 0 Å². The maximum atomic E-state index is 8.83. The molecule has 1 unspecified atom stereocenters. The molecule has 3 aliphatic heterocycles. The number of likely N-dealkylation sites (tertiary alicyclic amines) is 1. The summed E-state index contributed by atoms with van der Waals surface area (Å²) in [5.41, 5.74) is 1.14. The highest BCUT2D eigenvalue weighted by Gasteiger charge is 2.40. The van der Waals surface area contributed by atoms with Gasteiger partial charge in [0.1, 0.15) is 0 Å². The number of ether oxygens (including phenoxy) is 1. The summed E-state index contributed by atoms with van der Waals surface area (Å²) < 4.78 is 6.17. The Hall–Kier alpha value is -0.260. The summed E-state index contributed by atoms with van der Waals surface area (Å²) in [6.07, 6.45) is 6.68. The number of hydrogen-bond acceptors (Lipinski definition) is 5. The zero-order valence-electron chi connectivity index (χ0n) is 11.5. The fourth-order valence-electron chi connectivity index (χ4n) is 3.65. The van der Waals surface area contributed by atoms with Crippen LogP contribution in [-0.4, -0.2) is 58.7 Å². The van der Waals surface area contributed by atoms with E-state index >= 15 is 0 Å². The molecule has 3 heterocycles. The SMILES string of the molecule is ON=C1CCN(C2CCOC3(CCSCC3)C2)CC1. The monoisotopic (exact) mass is 284 g/mol. The lowest BCUT2D eigenvalue weighted by Gasteiger charge is -2.47. The van der Waals surface area contributed by atoms with E-state index in [1.807, 2.05) is 0 Å². The molecule has 3 fully saturated rings. The van der Waals surface area contributed by atoms with Crippen molar-refractivity contribution in [3.8, 4) is 0 Å². The molecule has 3 rings (SSSR count). The van der Waals surface area contributed by atoms with Crippen LogP contribution >= 0.6 is 11.8 Å². The minimum absolute atomic E-state index is 0.180. The summed E-state index contributed by atoms with van der Waals surface area (Å²) >= 11 is 2.07. The lowest BCUT2D eigenvalue weighted by atomic mass is 9.84. The van der Waals surface area contributed by atoms with Gasteiger partial charge in [0.2, 0.25) is 0 Å². The summed E-state index contributed by atoms with van der Waals surface area (Å²) in [4.78, 5) is 2.60. The van der Waals surface area contributed by atoms with Gasteiger partial charge < -0.3 is 9.94 Å². The van der Waals surface area contributed by atoms with Gasteiger partial charge in [-0.15, -0.1) is 0 Å². The third kappa shape index (κ3) is 3.09. The summed E-state index contributed by atoms with van der Waals surface area (Å²) in [5, 5.41) is 12.2. The van der Waals surface area contributed by atoms with Crippen molar-refractivity contribution in [1.82, 2.24) is 4.90 Å². The van der Waals surface area contributed by atoms with Crippen LogP contribution in [0.4, 0.5) is 0 Å². The van der Waals surface area contributed by atoms with Gasteiger partial charge in [0.25, 0.3) is 0 Å². The Bertz CT molecular complexity index is 327. The van der Waals surface area contributed by atoms with E-state index in [1.54, 1.807) is 0 Å². The lowest BCUT2D eigenvalue weighted by molar-refractivity contribution is -0.110. The molecule has 5 heteroatoms. The molecule has 0 bridgehead atoms. The molecule has 19 heavy (non-hydrogen) atoms. The second-order valence-electron chi connectivity index (χ2n) is 5.99. The molecule has 108 valence electrons. The first-order valence-corrected chi connectivity index (χ1v) is 8.62. The van der Waals surface area contributed by atoms with E-state index in [2.05, 4.69) is 21.8 Å². The van der Waals surface area contributed by atoms with Gasteiger partial charge >= 0.3 is 0 Å². The predicted molar refractivity (Wildman–Crippen MR) is 78.3 cm³/mol. The van der Waals surface area contributed by atoms with E-state index in [1.165, 1.54) is 37.2 Å². The van der Waals surface area contributed by atoms with Crippen molar-refractivity contribution in [3.05, 3.63) is 0 Å². The van der Waals surface area contributed by atoms with E-state index in [9.17, 15) is 0 Å². The summed E-state index contributed by atoms with van der Waals surface area (Å²) in [6.45, 7) is 3.02. The van der Waals surface area contributed by atoms with Gasteiger partial charge in [-0.05, 0) is 37.2 Å². The number of piperidine rings is 1. The minimum Gasteiger partial charge on any atom is -0.411 e. The molecular weight excluding hydrogens is 260 g/mol. The standard InChI is InChI=1S/C14H24N2O2S/c17-15-12-1-6-16(7-2-12)13-3-8-18-14(11-13)4-9-19-10-5-14/h13,17H,1-11H2. The van der Waals surface area contributed by atoms with Gasteiger partial charge in [0, 0.05) is 38.6 Å². The van der Waals surface area contributed by atoms with Crippen LogP contribution in [-0.2, 0) is 4.74 Å². The van der Waals surface area contributed by atoms with Gasteiger partial charge in [-0.3, -0.25) is 4.90 Å². The lowest BCUT2D eigenvalue weighted by Crippen LogP contribution is -2.52. The maximum absolute atomic E-state index is 8.83. The first kappa shape index (κ1) is 13.7. The molecule has 3 saturated heterocycles. The van der Waals surface area contributed by atoms with Crippen LogP contribution in [0, 0.1) is 0 Å². The first-order valence-electron chi connectivity index (χ1n) is 7.47. The van der Waals surface area contributed by atoms with Gasteiger partial charge in [0.05, 0.1) is 11.3 Å². The van der Waals surface area contributed by atoms with E-state index in [4.69, 9.17) is 9.94 Å². The Morgan fingerprint density at radius 1 is 1.26 bits per heavy atom. The van der Waals surface area contributed by atoms with E-state index in [0.29, 0.717) is 6.04 Å². The van der Waals surface area contributed by atoms with Crippen LogP contribution < -0.4 is 0 Å². The average molecular weight is 284 g/mol. The molecule has 0 radical (unpaired) electrons. The highest BCUT2D eigenvalue weighted by Crippen LogP contribution is 2.39. The van der Waals surface area contributed by atoms with Crippen LogP contribution in [0.1, 0.15) is 38.5 Å². The highest BCUT2D eigenvalue weighted by molar-refractivity contribution is 7.99. The Labute approximate surface area is 119 Å². The zero-order valence-corrected chi connectivity index (χ0v) is 12.3. The topological polar surface area (TPSA) is 45.1 Å². The van der Waals surface area contributed by atoms with Crippen LogP contribution in [0.3, 0.4) is 0 Å². The molecule has 1 spiro atoms. The van der Waals surface area contributed by atoms with Crippen molar-refractivity contribution in [2.24, 2.45) is 5.16 Å². The molecule has 0 aromatic rings. The normalized spacial score (nSPS) is 32.4. The quantitative estimate of drug-likeness (QED) is 0.593. The second-order valence-corrected chi connectivity index (χ2v) is 7.22. The van der Waals surface area contributed by atoms with Crippen molar-refractivity contribution < 1.29 is 9.94 Å². The van der Waals surface area contributed by atoms with E-state index < -0.39 is 0 Å². The Balaban J connectivity index is 1.59. The van der Waals surface area contributed by atoms with Gasteiger partial charge in [-0.2, -0.15) is 11.8 Å². The molecule has 0 aromatic carbocycles. The van der Waals surface area contributed by atoms with Crippen LogP contribution in [0.5, 0.6) is 0 Å². The van der Waals surface area contributed by atoms with Gasteiger partial charge in [-0.25, -0.2) is 0 Å². The summed E-state index contributed by atoms with van der Waals surface area (Å²) in [7, 11) is 0. The summed E-state index contributed by atoms with van der Waals surface area (Å²) in [5.74, 6) is 2.52. The van der Waals surface area contributed by atoms with Crippen LogP contribution in [0.25, 0.3) is 0 Å². The van der Waals surface area contributed by atoms with Crippen LogP contribution in [0.15, 0.2) is 5.16 Å². The third-order valence-corrected chi connectivity index (χ3v) is 5.89. The minimum atomic E-state index is 0.180. The molecule has 0 aromatic heterocycles. The molecule has 3 aliphatic rings. The molecule has 0 aliphatic carbocycles. The molecular formula is C14H24N2O2S. The van der Waals surface area contributed by atoms with Crippen molar-refractivity contribution in [3.63, 3.8) is 0 Å². The predicted octanol–water partition coefficient (Wildman–Crippen LogP) is 2.36. The average Bonchev–Trinajstić information content (AvgIpc) is 2.48. The Morgan fingerprint density at radius 2 is 2.00 bits per heavy atom. The number of nitrogens with zero attached hydrogens (tertiary/aromatic N) is 2. The van der Waals surface area contributed by atoms with E-state index in [0.717, 1.165) is 38.2 Å². The number of oxime groups is 1. The van der Waals surface area contributed by atoms with Crippen molar-refractivity contribution >= 4 is 17.5 Å². The number of thioether (sulfide) groups is 1. The molecule has 1 N–H and O–H groups in total. The van der Waals surface area contributed by atoms with Crippen molar-refractivity contribution in [2.45, 2.75) is 50.2 Å². The fraction of sp³-hybridized carbons (Fsp3) is 0.929. The first-order chi connectivity index (χ1) is 9.31. The van der Waals surface area contributed by atoms with Crippen LogP contribution in [0.2, 0.25) is 0 Å². The second kappa shape index (κ2) is 6.02. The third-order valence-electron chi connectivity index (χ3n) is 4.90. The molecule has 4 nitrogen and oxygen atoms in total. The van der Waals surface area contributed by atoms with Crippen molar-refractivity contribution in [2.75, 3.05) is 31.2 Å². The molecule has 0 saturated carbocycles. The number of rotatable bonds is 1. The number of hydrogen-bond donors (Lipinski definition) is 1.